The molecule has 0 aromatic carbocycles. The van der Waals surface area contributed by atoms with Crippen LogP contribution in [0.4, 0.5) is 4.79 Å². The van der Waals surface area contributed by atoms with E-state index >= 15 is 0 Å². The topological polar surface area (TPSA) is 131 Å². The molecule has 1 saturated carbocycles. The summed E-state index contributed by atoms with van der Waals surface area (Å²) in [5.74, 6) is -1.97. The number of carboxylic acids is 1. The van der Waals surface area contributed by atoms with Crippen LogP contribution in [0, 0.1) is 5.92 Å². The first-order chi connectivity index (χ1) is 9.50. The van der Waals surface area contributed by atoms with Crippen molar-refractivity contribution in [2.75, 3.05) is 19.8 Å². The van der Waals surface area contributed by atoms with Gasteiger partial charge in [0.2, 0.25) is 5.91 Å². The summed E-state index contributed by atoms with van der Waals surface area (Å²) in [6.45, 7) is 0.208. The molecule has 1 aliphatic rings. The number of hydrogen-bond acceptors (Lipinski definition) is 4. The van der Waals surface area contributed by atoms with Gasteiger partial charge in [0.15, 0.2) is 0 Å². The Morgan fingerprint density at radius 2 is 1.95 bits per heavy atom. The average molecular weight is 287 g/mol. The van der Waals surface area contributed by atoms with E-state index in [9.17, 15) is 14.4 Å². The fourth-order valence-corrected chi connectivity index (χ4v) is 2.23. The molecule has 1 aliphatic carbocycles. The zero-order valence-corrected chi connectivity index (χ0v) is 11.3. The minimum atomic E-state index is -0.875. The van der Waals surface area contributed by atoms with Crippen LogP contribution in [0.3, 0.4) is 0 Å². The van der Waals surface area contributed by atoms with Crippen molar-refractivity contribution >= 4 is 17.9 Å². The predicted molar refractivity (Wildman–Crippen MR) is 69.9 cm³/mol. The Morgan fingerprint density at radius 1 is 1.25 bits per heavy atom. The number of hydrogen-bond donors (Lipinski definition) is 4. The van der Waals surface area contributed by atoms with Crippen LogP contribution >= 0.6 is 0 Å². The van der Waals surface area contributed by atoms with Crippen molar-refractivity contribution in [3.05, 3.63) is 0 Å². The standard InChI is InChI=1S/C12H21N3O5/c13-10(16)7-20-6-5-14-12(19)15-9-4-2-1-3-8(9)11(17)18/h8-9H,1-7H2,(H2,13,16)(H,17,18)(H2,14,15,19). The van der Waals surface area contributed by atoms with Crippen LogP contribution in [-0.2, 0) is 14.3 Å². The van der Waals surface area contributed by atoms with Crippen LogP contribution in [0.25, 0.3) is 0 Å². The molecular formula is C12H21N3O5. The van der Waals surface area contributed by atoms with Crippen molar-refractivity contribution in [2.24, 2.45) is 11.7 Å². The van der Waals surface area contributed by atoms with Crippen LogP contribution < -0.4 is 16.4 Å². The molecule has 2 atom stereocenters. The zero-order chi connectivity index (χ0) is 15.0. The number of primary amides is 1. The maximum Gasteiger partial charge on any atom is 0.315 e. The van der Waals surface area contributed by atoms with Gasteiger partial charge in [-0.15, -0.1) is 0 Å². The molecular weight excluding hydrogens is 266 g/mol. The predicted octanol–water partition coefficient (Wildman–Crippen LogP) is -0.569. The smallest absolute Gasteiger partial charge is 0.315 e. The SMILES string of the molecule is NC(=O)COCCNC(=O)NC1CCCCC1C(=O)O. The van der Waals surface area contributed by atoms with Crippen LogP contribution in [0.5, 0.6) is 0 Å². The van der Waals surface area contributed by atoms with Gasteiger partial charge in [-0.3, -0.25) is 9.59 Å². The van der Waals surface area contributed by atoms with E-state index in [1.54, 1.807) is 0 Å². The van der Waals surface area contributed by atoms with E-state index < -0.39 is 23.8 Å². The van der Waals surface area contributed by atoms with Gasteiger partial charge >= 0.3 is 12.0 Å². The lowest BCUT2D eigenvalue weighted by Crippen LogP contribution is -2.49. The quantitative estimate of drug-likeness (QED) is 0.466. The monoisotopic (exact) mass is 287 g/mol. The molecule has 0 aromatic heterocycles. The van der Waals surface area contributed by atoms with Crippen molar-refractivity contribution < 1.29 is 24.2 Å². The second-order valence-electron chi connectivity index (χ2n) is 4.75. The van der Waals surface area contributed by atoms with E-state index in [4.69, 9.17) is 15.6 Å². The maximum absolute atomic E-state index is 11.6. The third-order valence-electron chi connectivity index (χ3n) is 3.18. The third-order valence-corrected chi connectivity index (χ3v) is 3.18. The fraction of sp³-hybridized carbons (Fsp3) is 0.750. The van der Waals surface area contributed by atoms with Crippen molar-refractivity contribution in [1.29, 1.82) is 0 Å². The second kappa shape index (κ2) is 8.36. The molecule has 114 valence electrons. The first kappa shape index (κ1) is 16.2. The number of rotatable bonds is 7. The molecule has 2 unspecified atom stereocenters. The van der Waals surface area contributed by atoms with Gasteiger partial charge in [-0.25, -0.2) is 4.79 Å². The average Bonchev–Trinajstić information content (AvgIpc) is 2.38. The molecule has 8 heteroatoms. The lowest BCUT2D eigenvalue weighted by molar-refractivity contribution is -0.143. The fourth-order valence-electron chi connectivity index (χ4n) is 2.23. The van der Waals surface area contributed by atoms with Crippen LogP contribution in [0.15, 0.2) is 0 Å². The molecule has 0 aliphatic heterocycles. The summed E-state index contributed by atoms with van der Waals surface area (Å²) >= 11 is 0. The van der Waals surface area contributed by atoms with E-state index in [0.717, 1.165) is 12.8 Å². The summed E-state index contributed by atoms with van der Waals surface area (Å²) in [5, 5.41) is 14.3. The molecule has 0 heterocycles. The highest BCUT2D eigenvalue weighted by Crippen LogP contribution is 2.24. The number of carbonyl (C=O) groups excluding carboxylic acids is 2. The molecule has 5 N–H and O–H groups in total. The summed E-state index contributed by atoms with van der Waals surface area (Å²) in [6, 6.07) is -0.765. The summed E-state index contributed by atoms with van der Waals surface area (Å²) in [7, 11) is 0. The first-order valence-electron chi connectivity index (χ1n) is 6.64. The summed E-state index contributed by atoms with van der Waals surface area (Å²) in [6.07, 6.45) is 3.04. The summed E-state index contributed by atoms with van der Waals surface area (Å²) < 4.78 is 4.88. The summed E-state index contributed by atoms with van der Waals surface area (Å²) in [4.78, 5) is 33.1. The molecule has 0 saturated heterocycles. The van der Waals surface area contributed by atoms with Gasteiger partial charge in [0.25, 0.3) is 0 Å². The number of amides is 3. The van der Waals surface area contributed by atoms with E-state index in [1.807, 2.05) is 0 Å². The number of urea groups is 1. The van der Waals surface area contributed by atoms with Gasteiger partial charge in [-0.1, -0.05) is 12.8 Å². The van der Waals surface area contributed by atoms with Gasteiger partial charge in [0.05, 0.1) is 12.5 Å². The second-order valence-corrected chi connectivity index (χ2v) is 4.75. The number of carbonyl (C=O) groups is 3. The van der Waals surface area contributed by atoms with E-state index in [1.165, 1.54) is 0 Å². The largest absolute Gasteiger partial charge is 0.481 e. The maximum atomic E-state index is 11.6. The lowest BCUT2D eigenvalue weighted by Gasteiger charge is -2.29. The highest BCUT2D eigenvalue weighted by Gasteiger charge is 2.31. The molecule has 0 bridgehead atoms. The van der Waals surface area contributed by atoms with Crippen LogP contribution in [-0.4, -0.2) is 48.8 Å². The van der Waals surface area contributed by atoms with Gasteiger partial charge < -0.3 is 26.2 Å². The normalized spacial score (nSPS) is 22.0. The third kappa shape index (κ3) is 5.87. The Kier molecular flexibility index (Phi) is 6.78. The minimum Gasteiger partial charge on any atom is -0.481 e. The first-order valence-corrected chi connectivity index (χ1v) is 6.64. The molecule has 1 rings (SSSR count). The zero-order valence-electron chi connectivity index (χ0n) is 11.3. The Balaban J connectivity index is 2.23. The van der Waals surface area contributed by atoms with Gasteiger partial charge in [-0.05, 0) is 12.8 Å². The molecule has 0 radical (unpaired) electrons. The molecule has 3 amide bonds. The number of nitrogens with one attached hydrogen (secondary N) is 2. The number of carboxylic acid groups (broad SMARTS) is 1. The van der Waals surface area contributed by atoms with Crippen molar-refractivity contribution in [1.82, 2.24) is 10.6 Å². The lowest BCUT2D eigenvalue weighted by atomic mass is 9.84. The van der Waals surface area contributed by atoms with Crippen molar-refractivity contribution in [2.45, 2.75) is 31.7 Å². The van der Waals surface area contributed by atoms with Gasteiger partial charge in [0, 0.05) is 12.6 Å². The van der Waals surface area contributed by atoms with Gasteiger partial charge in [-0.2, -0.15) is 0 Å². The minimum absolute atomic E-state index is 0.170. The molecule has 1 fully saturated rings. The number of ether oxygens (including phenoxy) is 1. The molecule has 0 aromatic rings. The molecule has 20 heavy (non-hydrogen) atoms. The Labute approximate surface area is 117 Å². The van der Waals surface area contributed by atoms with E-state index in [0.29, 0.717) is 12.8 Å². The Morgan fingerprint density at radius 3 is 2.60 bits per heavy atom. The molecule has 8 nitrogen and oxygen atoms in total. The number of nitrogens with two attached hydrogens (primary N) is 1. The van der Waals surface area contributed by atoms with Gasteiger partial charge in [0.1, 0.15) is 6.61 Å². The Hall–Kier alpha value is -1.83. The van der Waals surface area contributed by atoms with E-state index in [-0.39, 0.29) is 25.8 Å². The van der Waals surface area contributed by atoms with Crippen molar-refractivity contribution in [3.63, 3.8) is 0 Å². The van der Waals surface area contributed by atoms with E-state index in [2.05, 4.69) is 10.6 Å². The van der Waals surface area contributed by atoms with Crippen LogP contribution in [0.2, 0.25) is 0 Å². The highest BCUT2D eigenvalue weighted by molar-refractivity contribution is 5.77. The highest BCUT2D eigenvalue weighted by atomic mass is 16.5. The summed E-state index contributed by atoms with van der Waals surface area (Å²) in [5.41, 5.74) is 4.88. The Bertz CT molecular complexity index is 361. The van der Waals surface area contributed by atoms with Crippen molar-refractivity contribution in [3.8, 4) is 0 Å². The van der Waals surface area contributed by atoms with Crippen LogP contribution in [0.1, 0.15) is 25.7 Å². The molecule has 0 spiro atoms. The number of aliphatic carboxylic acids is 1.